The van der Waals surface area contributed by atoms with E-state index in [0.29, 0.717) is 18.7 Å². The first-order chi connectivity index (χ1) is 12.3. The van der Waals surface area contributed by atoms with Crippen molar-refractivity contribution in [2.75, 3.05) is 26.2 Å². The van der Waals surface area contributed by atoms with Gasteiger partial charge in [0.05, 0.1) is 32.2 Å². The summed E-state index contributed by atoms with van der Waals surface area (Å²) in [6, 6.07) is 11.2. The molecule has 1 heterocycles. The summed E-state index contributed by atoms with van der Waals surface area (Å²) in [7, 11) is 0. The maximum atomic E-state index is 12.6. The summed E-state index contributed by atoms with van der Waals surface area (Å²) >= 11 is 0. The van der Waals surface area contributed by atoms with Crippen molar-refractivity contribution in [2.24, 2.45) is 5.92 Å². The number of quaternary nitrogens is 1. The molecule has 2 atom stereocenters. The molecule has 1 aliphatic rings. The Labute approximate surface area is 155 Å². The summed E-state index contributed by atoms with van der Waals surface area (Å²) in [4.78, 5) is 28.1. The van der Waals surface area contributed by atoms with Gasteiger partial charge < -0.3 is 15.1 Å². The highest BCUT2D eigenvalue weighted by Crippen LogP contribution is 2.15. The van der Waals surface area contributed by atoms with Crippen molar-refractivity contribution in [3.63, 3.8) is 0 Å². The highest BCUT2D eigenvalue weighted by Gasteiger charge is 2.36. The molecule has 0 saturated carbocycles. The third kappa shape index (κ3) is 4.41. The smallest absolute Gasteiger partial charge is 0.279 e. The molecular weight excluding hydrogens is 328 g/mol. The predicted octanol–water partition coefficient (Wildman–Crippen LogP) is 0.470. The summed E-state index contributed by atoms with van der Waals surface area (Å²) in [5.74, 6) is -0.0433. The predicted molar refractivity (Wildman–Crippen MR) is 99.5 cm³/mol. The first kappa shape index (κ1) is 19.9. The van der Waals surface area contributed by atoms with E-state index in [0.717, 1.165) is 18.0 Å². The van der Waals surface area contributed by atoms with E-state index >= 15 is 0 Å². The molecule has 2 rings (SSSR count). The fourth-order valence-corrected chi connectivity index (χ4v) is 3.04. The van der Waals surface area contributed by atoms with Crippen molar-refractivity contribution in [1.29, 1.82) is 5.26 Å². The van der Waals surface area contributed by atoms with Crippen LogP contribution in [0.5, 0.6) is 0 Å². The van der Waals surface area contributed by atoms with Gasteiger partial charge in [-0.3, -0.25) is 9.59 Å². The standard InChI is InChI=1S/C20H28N4O2/c1-15(2)20(4,14-21)22-18(25)16(3)23-10-12-24(13-11-23)19(26)17-8-6-5-7-9-17/h5-9,15-16H,10-13H2,1-4H3,(H,22,25)/p+1/t16-,20-/m0/s1. The molecule has 0 radical (unpaired) electrons. The van der Waals surface area contributed by atoms with Crippen LogP contribution in [0.2, 0.25) is 0 Å². The van der Waals surface area contributed by atoms with E-state index < -0.39 is 5.54 Å². The summed E-state index contributed by atoms with van der Waals surface area (Å²) < 4.78 is 0. The molecule has 1 aromatic rings. The minimum Gasteiger partial charge on any atom is -0.333 e. The van der Waals surface area contributed by atoms with E-state index in [9.17, 15) is 14.9 Å². The minimum atomic E-state index is -0.865. The lowest BCUT2D eigenvalue weighted by molar-refractivity contribution is -0.917. The van der Waals surface area contributed by atoms with E-state index in [1.165, 1.54) is 0 Å². The lowest BCUT2D eigenvalue weighted by Crippen LogP contribution is -3.19. The van der Waals surface area contributed by atoms with Crippen LogP contribution in [0.4, 0.5) is 0 Å². The van der Waals surface area contributed by atoms with Gasteiger partial charge in [-0.25, -0.2) is 0 Å². The average molecular weight is 357 g/mol. The Kier molecular flexibility index (Phi) is 6.38. The largest absolute Gasteiger partial charge is 0.333 e. The van der Waals surface area contributed by atoms with Crippen LogP contribution >= 0.6 is 0 Å². The molecule has 1 saturated heterocycles. The zero-order valence-corrected chi connectivity index (χ0v) is 16.1. The van der Waals surface area contributed by atoms with Crippen LogP contribution in [0.3, 0.4) is 0 Å². The molecule has 2 N–H and O–H groups in total. The summed E-state index contributed by atoms with van der Waals surface area (Å²) in [5.41, 5.74) is -0.168. The van der Waals surface area contributed by atoms with Crippen molar-refractivity contribution >= 4 is 11.8 Å². The number of piperazine rings is 1. The van der Waals surface area contributed by atoms with Crippen LogP contribution in [-0.2, 0) is 4.79 Å². The summed E-state index contributed by atoms with van der Waals surface area (Å²) in [5, 5.41) is 12.3. The van der Waals surface area contributed by atoms with Crippen LogP contribution < -0.4 is 10.2 Å². The summed E-state index contributed by atoms with van der Waals surface area (Å²) in [6.45, 7) is 10.2. The third-order valence-corrected chi connectivity index (χ3v) is 5.49. The summed E-state index contributed by atoms with van der Waals surface area (Å²) in [6.07, 6.45) is 0. The van der Waals surface area contributed by atoms with E-state index in [1.807, 2.05) is 56.0 Å². The molecule has 140 valence electrons. The normalized spacial score (nSPS) is 18.7. The van der Waals surface area contributed by atoms with Gasteiger partial charge in [-0.2, -0.15) is 5.26 Å². The Morgan fingerprint density at radius 1 is 1.19 bits per heavy atom. The molecule has 0 aromatic heterocycles. The number of amides is 2. The fourth-order valence-electron chi connectivity index (χ4n) is 3.04. The van der Waals surface area contributed by atoms with Gasteiger partial charge in [0.2, 0.25) is 0 Å². The van der Waals surface area contributed by atoms with Gasteiger partial charge in [0.15, 0.2) is 6.04 Å². The van der Waals surface area contributed by atoms with Crippen LogP contribution in [0.15, 0.2) is 30.3 Å². The number of carbonyl (C=O) groups excluding carboxylic acids is 2. The Balaban J connectivity index is 1.92. The second kappa shape index (κ2) is 8.33. The lowest BCUT2D eigenvalue weighted by atomic mass is 9.89. The third-order valence-electron chi connectivity index (χ3n) is 5.49. The van der Waals surface area contributed by atoms with Gasteiger partial charge in [-0.05, 0) is 31.9 Å². The van der Waals surface area contributed by atoms with E-state index in [2.05, 4.69) is 11.4 Å². The number of nitriles is 1. The van der Waals surface area contributed by atoms with E-state index in [-0.39, 0.29) is 23.8 Å². The molecule has 0 spiro atoms. The first-order valence-corrected chi connectivity index (χ1v) is 9.20. The van der Waals surface area contributed by atoms with Gasteiger partial charge in [-0.15, -0.1) is 0 Å². The van der Waals surface area contributed by atoms with Crippen molar-refractivity contribution in [2.45, 2.75) is 39.3 Å². The Morgan fingerprint density at radius 3 is 2.27 bits per heavy atom. The molecule has 26 heavy (non-hydrogen) atoms. The number of carbonyl (C=O) groups is 2. The molecule has 6 heteroatoms. The quantitative estimate of drug-likeness (QED) is 0.804. The average Bonchev–Trinajstić information content (AvgIpc) is 2.67. The van der Waals surface area contributed by atoms with Crippen LogP contribution in [0, 0.1) is 17.2 Å². The Morgan fingerprint density at radius 2 is 1.77 bits per heavy atom. The molecular formula is C20H29N4O2+. The zero-order chi connectivity index (χ0) is 19.3. The van der Waals surface area contributed by atoms with Gasteiger partial charge in [0.1, 0.15) is 5.54 Å². The highest BCUT2D eigenvalue weighted by atomic mass is 16.2. The zero-order valence-electron chi connectivity index (χ0n) is 16.1. The SMILES string of the molecule is CC(C)[C@](C)(C#N)NC(=O)[C@H](C)[NH+]1CCN(C(=O)c2ccccc2)CC1. The molecule has 2 amide bonds. The van der Waals surface area contributed by atoms with E-state index in [1.54, 1.807) is 6.92 Å². The molecule has 0 aliphatic carbocycles. The second-order valence-electron chi connectivity index (χ2n) is 7.50. The number of rotatable bonds is 5. The molecule has 6 nitrogen and oxygen atoms in total. The van der Waals surface area contributed by atoms with Gasteiger partial charge in [-0.1, -0.05) is 32.0 Å². The van der Waals surface area contributed by atoms with Gasteiger partial charge in [0.25, 0.3) is 11.8 Å². The highest BCUT2D eigenvalue weighted by molar-refractivity contribution is 5.94. The van der Waals surface area contributed by atoms with Crippen LogP contribution in [0.25, 0.3) is 0 Å². The molecule has 0 unspecified atom stereocenters. The van der Waals surface area contributed by atoms with Crippen LogP contribution in [-0.4, -0.2) is 54.5 Å². The number of hydrogen-bond acceptors (Lipinski definition) is 3. The maximum Gasteiger partial charge on any atom is 0.279 e. The topological polar surface area (TPSA) is 77.6 Å². The van der Waals surface area contributed by atoms with Gasteiger partial charge >= 0.3 is 0 Å². The van der Waals surface area contributed by atoms with Crippen LogP contribution in [0.1, 0.15) is 38.1 Å². The van der Waals surface area contributed by atoms with Crippen molar-refractivity contribution in [1.82, 2.24) is 10.2 Å². The van der Waals surface area contributed by atoms with Crippen molar-refractivity contribution < 1.29 is 14.5 Å². The Hall–Kier alpha value is -2.39. The van der Waals surface area contributed by atoms with E-state index in [4.69, 9.17) is 0 Å². The number of nitrogens with one attached hydrogen (secondary N) is 2. The molecule has 1 aromatic carbocycles. The fraction of sp³-hybridized carbons (Fsp3) is 0.550. The molecule has 1 aliphatic heterocycles. The number of benzene rings is 1. The van der Waals surface area contributed by atoms with Crippen molar-refractivity contribution in [3.05, 3.63) is 35.9 Å². The van der Waals surface area contributed by atoms with Gasteiger partial charge in [0, 0.05) is 5.56 Å². The second-order valence-corrected chi connectivity index (χ2v) is 7.50. The first-order valence-electron chi connectivity index (χ1n) is 9.20. The Bertz CT molecular complexity index is 675. The molecule has 0 bridgehead atoms. The monoisotopic (exact) mass is 357 g/mol. The number of nitrogens with zero attached hydrogens (tertiary/aromatic N) is 2. The lowest BCUT2D eigenvalue weighted by Gasteiger charge is -2.36. The number of hydrogen-bond donors (Lipinski definition) is 2. The minimum absolute atomic E-state index is 0.0268. The molecule has 1 fully saturated rings. The maximum absolute atomic E-state index is 12.6. The van der Waals surface area contributed by atoms with Crippen molar-refractivity contribution in [3.8, 4) is 6.07 Å².